The van der Waals surface area contributed by atoms with Gasteiger partial charge in [-0.2, -0.15) is 0 Å². The number of aromatic nitrogens is 1. The van der Waals surface area contributed by atoms with Crippen LogP contribution in [0.25, 0.3) is 0 Å². The van der Waals surface area contributed by atoms with Gasteiger partial charge in [-0.1, -0.05) is 37.8 Å². The Morgan fingerprint density at radius 2 is 2.05 bits per heavy atom. The van der Waals surface area contributed by atoms with E-state index in [1.807, 2.05) is 0 Å². The van der Waals surface area contributed by atoms with Gasteiger partial charge in [-0.15, -0.1) is 0 Å². The van der Waals surface area contributed by atoms with Crippen molar-refractivity contribution in [2.24, 2.45) is 11.8 Å². The standard InChI is InChI=1S/C15H21ClN2O/c1-2-11-5-7-12(8-6-11)10-18-15(19)13-4-3-9-17-14(13)16/h3-4,9,11-12H,2,5-8,10H2,1H3,(H,18,19). The molecule has 1 saturated carbocycles. The maximum absolute atomic E-state index is 12.0. The van der Waals surface area contributed by atoms with Gasteiger partial charge in [-0.05, 0) is 36.8 Å². The summed E-state index contributed by atoms with van der Waals surface area (Å²) in [5, 5.41) is 3.25. The Labute approximate surface area is 119 Å². The molecule has 3 nitrogen and oxygen atoms in total. The van der Waals surface area contributed by atoms with Gasteiger partial charge in [0.2, 0.25) is 0 Å². The monoisotopic (exact) mass is 280 g/mol. The molecule has 0 saturated heterocycles. The number of nitrogens with zero attached hydrogens (tertiary/aromatic N) is 1. The van der Waals surface area contributed by atoms with Crippen molar-refractivity contribution in [2.75, 3.05) is 6.54 Å². The second-order valence-corrected chi connectivity index (χ2v) is 5.70. The van der Waals surface area contributed by atoms with E-state index in [2.05, 4.69) is 17.2 Å². The van der Waals surface area contributed by atoms with Gasteiger partial charge in [0.25, 0.3) is 5.91 Å². The van der Waals surface area contributed by atoms with Crippen LogP contribution in [-0.4, -0.2) is 17.4 Å². The van der Waals surface area contributed by atoms with Gasteiger partial charge in [-0.3, -0.25) is 4.79 Å². The van der Waals surface area contributed by atoms with Gasteiger partial charge in [0.05, 0.1) is 5.56 Å². The van der Waals surface area contributed by atoms with Gasteiger partial charge in [0, 0.05) is 12.7 Å². The van der Waals surface area contributed by atoms with Crippen LogP contribution in [0.1, 0.15) is 49.4 Å². The van der Waals surface area contributed by atoms with Crippen molar-refractivity contribution in [3.63, 3.8) is 0 Å². The summed E-state index contributed by atoms with van der Waals surface area (Å²) >= 11 is 5.91. The number of hydrogen-bond acceptors (Lipinski definition) is 2. The van der Waals surface area contributed by atoms with Crippen LogP contribution in [-0.2, 0) is 0 Å². The molecular weight excluding hydrogens is 260 g/mol. The first-order chi connectivity index (χ1) is 9.20. The normalized spacial score (nSPS) is 23.1. The maximum Gasteiger partial charge on any atom is 0.254 e. The smallest absolute Gasteiger partial charge is 0.254 e. The average Bonchev–Trinajstić information content (AvgIpc) is 2.46. The maximum atomic E-state index is 12.0. The van der Waals surface area contributed by atoms with Crippen LogP contribution in [0, 0.1) is 11.8 Å². The van der Waals surface area contributed by atoms with Gasteiger partial charge in [-0.25, -0.2) is 4.98 Å². The minimum Gasteiger partial charge on any atom is -0.352 e. The van der Waals surface area contributed by atoms with E-state index in [-0.39, 0.29) is 11.1 Å². The molecule has 0 bridgehead atoms. The summed E-state index contributed by atoms with van der Waals surface area (Å²) in [6.07, 6.45) is 7.91. The highest BCUT2D eigenvalue weighted by Gasteiger charge is 2.20. The molecule has 0 unspecified atom stereocenters. The van der Waals surface area contributed by atoms with Crippen molar-refractivity contribution < 1.29 is 4.79 Å². The molecule has 1 heterocycles. The molecule has 19 heavy (non-hydrogen) atoms. The fourth-order valence-electron chi connectivity index (χ4n) is 2.73. The van der Waals surface area contributed by atoms with E-state index in [0.717, 1.165) is 12.5 Å². The number of carbonyl (C=O) groups excluding carboxylic acids is 1. The van der Waals surface area contributed by atoms with Crippen molar-refractivity contribution in [1.82, 2.24) is 10.3 Å². The number of hydrogen-bond donors (Lipinski definition) is 1. The van der Waals surface area contributed by atoms with Crippen LogP contribution in [0.3, 0.4) is 0 Å². The van der Waals surface area contributed by atoms with Crippen molar-refractivity contribution in [1.29, 1.82) is 0 Å². The minimum atomic E-state index is -0.115. The molecule has 1 amide bonds. The van der Waals surface area contributed by atoms with Crippen LogP contribution in [0.4, 0.5) is 0 Å². The zero-order valence-corrected chi connectivity index (χ0v) is 12.1. The molecule has 1 aliphatic carbocycles. The lowest BCUT2D eigenvalue weighted by Gasteiger charge is -2.27. The molecular formula is C15H21ClN2O. The van der Waals surface area contributed by atoms with Crippen molar-refractivity contribution in [3.05, 3.63) is 29.0 Å². The number of amides is 1. The van der Waals surface area contributed by atoms with E-state index in [9.17, 15) is 4.79 Å². The molecule has 0 aromatic carbocycles. The Kier molecular flexibility index (Phi) is 5.20. The molecule has 4 heteroatoms. The molecule has 0 atom stereocenters. The van der Waals surface area contributed by atoms with Crippen LogP contribution in [0.2, 0.25) is 5.15 Å². The molecule has 1 N–H and O–H groups in total. The Bertz CT molecular complexity index is 428. The molecule has 0 aliphatic heterocycles. The Balaban J connectivity index is 1.80. The fraction of sp³-hybridized carbons (Fsp3) is 0.600. The second-order valence-electron chi connectivity index (χ2n) is 5.35. The quantitative estimate of drug-likeness (QED) is 0.855. The third-order valence-corrected chi connectivity index (χ3v) is 4.40. The van der Waals surface area contributed by atoms with Gasteiger partial charge in [0.1, 0.15) is 5.15 Å². The first-order valence-electron chi connectivity index (χ1n) is 7.09. The van der Waals surface area contributed by atoms with Crippen molar-refractivity contribution in [3.8, 4) is 0 Å². The third-order valence-electron chi connectivity index (χ3n) is 4.10. The Hall–Kier alpha value is -1.09. The Morgan fingerprint density at radius 1 is 1.37 bits per heavy atom. The summed E-state index contributed by atoms with van der Waals surface area (Å²) in [5.41, 5.74) is 0.464. The number of nitrogens with one attached hydrogen (secondary N) is 1. The van der Waals surface area contributed by atoms with Crippen molar-refractivity contribution >= 4 is 17.5 Å². The molecule has 0 radical (unpaired) electrons. The van der Waals surface area contributed by atoms with Crippen LogP contribution in [0.15, 0.2) is 18.3 Å². The predicted octanol–water partition coefficient (Wildman–Crippen LogP) is 3.68. The minimum absolute atomic E-state index is 0.115. The first-order valence-corrected chi connectivity index (χ1v) is 7.47. The zero-order valence-electron chi connectivity index (χ0n) is 11.4. The van der Waals surface area contributed by atoms with Crippen LogP contribution >= 0.6 is 11.6 Å². The van der Waals surface area contributed by atoms with Gasteiger partial charge < -0.3 is 5.32 Å². The average molecular weight is 281 g/mol. The summed E-state index contributed by atoms with van der Waals surface area (Å²) in [4.78, 5) is 15.9. The first kappa shape index (κ1) is 14.3. The predicted molar refractivity (Wildman–Crippen MR) is 77.3 cm³/mol. The van der Waals surface area contributed by atoms with E-state index in [4.69, 9.17) is 11.6 Å². The number of pyridine rings is 1. The summed E-state index contributed by atoms with van der Waals surface area (Å²) in [5.74, 6) is 1.39. The lowest BCUT2D eigenvalue weighted by Crippen LogP contribution is -2.31. The van der Waals surface area contributed by atoms with E-state index in [1.54, 1.807) is 18.3 Å². The van der Waals surface area contributed by atoms with Gasteiger partial charge >= 0.3 is 0 Å². The molecule has 2 rings (SSSR count). The summed E-state index contributed by atoms with van der Waals surface area (Å²) < 4.78 is 0. The number of carbonyl (C=O) groups is 1. The zero-order chi connectivity index (χ0) is 13.7. The lowest BCUT2D eigenvalue weighted by molar-refractivity contribution is 0.0941. The van der Waals surface area contributed by atoms with Crippen LogP contribution in [0.5, 0.6) is 0 Å². The highest BCUT2D eigenvalue weighted by atomic mass is 35.5. The SMILES string of the molecule is CCC1CCC(CNC(=O)c2cccnc2Cl)CC1. The highest BCUT2D eigenvalue weighted by Crippen LogP contribution is 2.30. The lowest BCUT2D eigenvalue weighted by atomic mass is 9.81. The molecule has 104 valence electrons. The summed E-state index contributed by atoms with van der Waals surface area (Å²) in [6, 6.07) is 3.44. The Morgan fingerprint density at radius 3 is 2.68 bits per heavy atom. The van der Waals surface area contributed by atoms with E-state index < -0.39 is 0 Å². The molecule has 1 aromatic heterocycles. The van der Waals surface area contributed by atoms with Crippen molar-refractivity contribution in [2.45, 2.75) is 39.0 Å². The molecule has 1 aromatic rings. The van der Waals surface area contributed by atoms with E-state index in [0.29, 0.717) is 11.5 Å². The summed E-state index contributed by atoms with van der Waals surface area (Å²) in [6.45, 7) is 3.01. The summed E-state index contributed by atoms with van der Waals surface area (Å²) in [7, 11) is 0. The molecule has 1 aliphatic rings. The largest absolute Gasteiger partial charge is 0.352 e. The number of rotatable bonds is 4. The van der Waals surface area contributed by atoms with E-state index in [1.165, 1.54) is 32.1 Å². The topological polar surface area (TPSA) is 42.0 Å². The highest BCUT2D eigenvalue weighted by molar-refractivity contribution is 6.32. The fourth-order valence-corrected chi connectivity index (χ4v) is 2.94. The third kappa shape index (κ3) is 3.93. The second kappa shape index (κ2) is 6.90. The van der Waals surface area contributed by atoms with E-state index >= 15 is 0 Å². The number of halogens is 1. The van der Waals surface area contributed by atoms with Gasteiger partial charge in [0.15, 0.2) is 0 Å². The van der Waals surface area contributed by atoms with Crippen LogP contribution < -0.4 is 5.32 Å². The molecule has 1 fully saturated rings. The molecule has 0 spiro atoms.